The number of aromatic carboxylic acids is 1. The number of aromatic nitrogens is 3. The van der Waals surface area contributed by atoms with Gasteiger partial charge >= 0.3 is 5.97 Å². The molecule has 26 heavy (non-hydrogen) atoms. The van der Waals surface area contributed by atoms with Gasteiger partial charge in [-0.1, -0.05) is 12.1 Å². The zero-order valence-electron chi connectivity index (χ0n) is 14.0. The van der Waals surface area contributed by atoms with E-state index in [0.717, 1.165) is 17.7 Å². The highest BCUT2D eigenvalue weighted by molar-refractivity contribution is 5.90. The van der Waals surface area contributed by atoms with Crippen molar-refractivity contribution < 1.29 is 14.7 Å². The van der Waals surface area contributed by atoms with E-state index in [9.17, 15) is 9.59 Å². The van der Waals surface area contributed by atoms with Crippen molar-refractivity contribution in [2.45, 2.75) is 19.4 Å². The van der Waals surface area contributed by atoms with Crippen LogP contribution >= 0.6 is 0 Å². The Morgan fingerprint density at radius 3 is 2.35 bits per heavy atom. The maximum absolute atomic E-state index is 12.0. The van der Waals surface area contributed by atoms with Crippen LogP contribution in [-0.2, 0) is 17.8 Å². The number of anilines is 1. The third kappa shape index (κ3) is 4.76. The number of hydrogen-bond acceptors (Lipinski definition) is 4. The number of rotatable bonds is 7. The molecule has 7 heteroatoms. The molecule has 0 saturated carbocycles. The predicted molar refractivity (Wildman–Crippen MR) is 95.9 cm³/mol. The Kier molecular flexibility index (Phi) is 5.38. The zero-order chi connectivity index (χ0) is 18.4. The molecule has 0 radical (unpaired) electrons. The van der Waals surface area contributed by atoms with Crippen molar-refractivity contribution in [2.75, 3.05) is 5.32 Å². The number of aryl methyl sites for hydroxylation is 1. The normalized spacial score (nSPS) is 10.5. The predicted octanol–water partition coefficient (Wildman–Crippen LogP) is 2.60. The summed E-state index contributed by atoms with van der Waals surface area (Å²) >= 11 is 0. The van der Waals surface area contributed by atoms with Crippen molar-refractivity contribution in [3.63, 3.8) is 0 Å². The summed E-state index contributed by atoms with van der Waals surface area (Å²) in [5, 5.41) is 15.5. The van der Waals surface area contributed by atoms with Crippen LogP contribution in [0.25, 0.3) is 0 Å². The van der Waals surface area contributed by atoms with Crippen molar-refractivity contribution in [2.24, 2.45) is 0 Å². The topological polar surface area (TPSA) is 97.1 Å². The standard InChI is InChI=1S/C19H18N4O3/c24-18(8-12-23-11-7-17(22-23)19(25)26)21-16-3-1-14(2-4-16)13-15-5-9-20-10-6-15/h1-7,9-11H,8,12-13H2,(H,21,24)(H,25,26). The van der Waals surface area contributed by atoms with Gasteiger partial charge in [0.25, 0.3) is 0 Å². The lowest BCUT2D eigenvalue weighted by molar-refractivity contribution is -0.116. The molecule has 0 saturated heterocycles. The maximum atomic E-state index is 12.0. The van der Waals surface area contributed by atoms with Crippen molar-refractivity contribution >= 4 is 17.6 Å². The largest absolute Gasteiger partial charge is 0.476 e. The number of carboxylic acid groups (broad SMARTS) is 1. The summed E-state index contributed by atoms with van der Waals surface area (Å²) < 4.78 is 1.45. The number of carbonyl (C=O) groups is 2. The summed E-state index contributed by atoms with van der Waals surface area (Å²) in [6, 6.07) is 13.0. The second-order valence-electron chi connectivity index (χ2n) is 5.80. The van der Waals surface area contributed by atoms with Crippen LogP contribution in [0.2, 0.25) is 0 Å². The molecule has 1 aromatic carbocycles. The van der Waals surface area contributed by atoms with E-state index in [2.05, 4.69) is 15.4 Å². The molecule has 2 aromatic heterocycles. The van der Waals surface area contributed by atoms with Gasteiger partial charge in [0.1, 0.15) is 0 Å². The van der Waals surface area contributed by atoms with Gasteiger partial charge in [0.2, 0.25) is 5.91 Å². The van der Waals surface area contributed by atoms with Crippen LogP contribution in [0.5, 0.6) is 0 Å². The Balaban J connectivity index is 1.50. The fourth-order valence-electron chi connectivity index (χ4n) is 2.48. The molecule has 0 aliphatic carbocycles. The first-order chi connectivity index (χ1) is 12.6. The van der Waals surface area contributed by atoms with Crippen LogP contribution in [-0.4, -0.2) is 31.7 Å². The molecule has 0 aliphatic rings. The Hall–Kier alpha value is -3.48. The minimum atomic E-state index is -1.08. The Morgan fingerprint density at radius 1 is 1.00 bits per heavy atom. The van der Waals surface area contributed by atoms with Crippen LogP contribution in [0.4, 0.5) is 5.69 Å². The number of pyridine rings is 1. The van der Waals surface area contributed by atoms with E-state index in [0.29, 0.717) is 6.54 Å². The van der Waals surface area contributed by atoms with Gasteiger partial charge in [-0.3, -0.25) is 14.5 Å². The fourth-order valence-corrected chi connectivity index (χ4v) is 2.48. The molecule has 0 unspecified atom stereocenters. The third-order valence-electron chi connectivity index (χ3n) is 3.82. The van der Waals surface area contributed by atoms with Gasteiger partial charge in [0.05, 0.1) is 0 Å². The monoisotopic (exact) mass is 350 g/mol. The molecule has 1 amide bonds. The van der Waals surface area contributed by atoms with Crippen molar-refractivity contribution in [3.8, 4) is 0 Å². The molecular formula is C19H18N4O3. The number of benzene rings is 1. The minimum Gasteiger partial charge on any atom is -0.476 e. The van der Waals surface area contributed by atoms with E-state index < -0.39 is 5.97 Å². The lowest BCUT2D eigenvalue weighted by atomic mass is 10.1. The van der Waals surface area contributed by atoms with Crippen molar-refractivity contribution in [3.05, 3.63) is 77.9 Å². The maximum Gasteiger partial charge on any atom is 0.356 e. The van der Waals surface area contributed by atoms with Crippen molar-refractivity contribution in [1.82, 2.24) is 14.8 Å². The summed E-state index contributed by atoms with van der Waals surface area (Å²) in [6.45, 7) is 0.319. The lowest BCUT2D eigenvalue weighted by Crippen LogP contribution is -2.15. The van der Waals surface area contributed by atoms with Crippen LogP contribution < -0.4 is 5.32 Å². The lowest BCUT2D eigenvalue weighted by Gasteiger charge is -2.07. The number of amides is 1. The molecule has 0 aliphatic heterocycles. The summed E-state index contributed by atoms with van der Waals surface area (Å²) in [5.41, 5.74) is 3.01. The molecule has 7 nitrogen and oxygen atoms in total. The summed E-state index contributed by atoms with van der Waals surface area (Å²) in [7, 11) is 0. The van der Waals surface area contributed by atoms with Gasteiger partial charge in [-0.2, -0.15) is 5.10 Å². The average Bonchev–Trinajstić information content (AvgIpc) is 3.12. The third-order valence-corrected chi connectivity index (χ3v) is 3.82. The molecule has 3 aromatic rings. The zero-order valence-corrected chi connectivity index (χ0v) is 14.0. The fraction of sp³-hybridized carbons (Fsp3) is 0.158. The Morgan fingerprint density at radius 2 is 1.69 bits per heavy atom. The highest BCUT2D eigenvalue weighted by atomic mass is 16.4. The Bertz CT molecular complexity index is 889. The van der Waals surface area contributed by atoms with Gasteiger partial charge < -0.3 is 10.4 Å². The molecule has 0 atom stereocenters. The van der Waals surface area contributed by atoms with Gasteiger partial charge in [-0.05, 0) is 47.9 Å². The number of nitrogens with one attached hydrogen (secondary N) is 1. The van der Waals surface area contributed by atoms with Crippen molar-refractivity contribution in [1.29, 1.82) is 0 Å². The quantitative estimate of drug-likeness (QED) is 0.683. The SMILES string of the molecule is O=C(CCn1ccc(C(=O)O)n1)Nc1ccc(Cc2ccncc2)cc1. The second-order valence-corrected chi connectivity index (χ2v) is 5.80. The first-order valence-corrected chi connectivity index (χ1v) is 8.14. The molecule has 0 bridgehead atoms. The van der Waals surface area contributed by atoms with E-state index in [-0.39, 0.29) is 18.0 Å². The summed E-state index contributed by atoms with van der Waals surface area (Å²) in [5.74, 6) is -1.24. The summed E-state index contributed by atoms with van der Waals surface area (Å²) in [6.07, 6.45) is 6.10. The first kappa shape index (κ1) is 17.3. The van der Waals surface area contributed by atoms with E-state index in [1.165, 1.54) is 16.3 Å². The molecular weight excluding hydrogens is 332 g/mol. The molecule has 2 heterocycles. The van der Waals surface area contributed by atoms with Crippen LogP contribution in [0.15, 0.2) is 61.1 Å². The highest BCUT2D eigenvalue weighted by Crippen LogP contribution is 2.13. The second kappa shape index (κ2) is 8.06. The van der Waals surface area contributed by atoms with Crippen LogP contribution in [0, 0.1) is 0 Å². The van der Waals surface area contributed by atoms with Crippen LogP contribution in [0.1, 0.15) is 28.0 Å². The van der Waals surface area contributed by atoms with Gasteiger partial charge in [0, 0.05) is 37.2 Å². The number of carbonyl (C=O) groups excluding carboxylic acids is 1. The van der Waals surface area contributed by atoms with E-state index in [1.807, 2.05) is 36.4 Å². The number of hydrogen-bond donors (Lipinski definition) is 2. The van der Waals surface area contributed by atoms with E-state index in [4.69, 9.17) is 5.11 Å². The van der Waals surface area contributed by atoms with E-state index in [1.54, 1.807) is 18.6 Å². The number of nitrogens with zero attached hydrogens (tertiary/aromatic N) is 3. The first-order valence-electron chi connectivity index (χ1n) is 8.14. The van der Waals surface area contributed by atoms with Gasteiger partial charge in [0.15, 0.2) is 5.69 Å². The highest BCUT2D eigenvalue weighted by Gasteiger charge is 2.08. The summed E-state index contributed by atoms with van der Waals surface area (Å²) in [4.78, 5) is 26.8. The smallest absolute Gasteiger partial charge is 0.356 e. The molecule has 132 valence electrons. The molecule has 3 rings (SSSR count). The number of carboxylic acids is 1. The molecule has 0 fully saturated rings. The average molecular weight is 350 g/mol. The van der Waals surface area contributed by atoms with Crippen LogP contribution in [0.3, 0.4) is 0 Å². The van der Waals surface area contributed by atoms with E-state index >= 15 is 0 Å². The van der Waals surface area contributed by atoms with Gasteiger partial charge in [-0.15, -0.1) is 0 Å². The molecule has 2 N–H and O–H groups in total. The molecule has 0 spiro atoms. The minimum absolute atomic E-state index is 0.0322. The Labute approximate surface area is 150 Å². The van der Waals surface area contributed by atoms with Gasteiger partial charge in [-0.25, -0.2) is 4.79 Å².